The van der Waals surface area contributed by atoms with Gasteiger partial charge in [-0.25, -0.2) is 0 Å². The fourth-order valence-corrected chi connectivity index (χ4v) is 1.74. The van der Waals surface area contributed by atoms with E-state index in [1.54, 1.807) is 13.0 Å². The van der Waals surface area contributed by atoms with E-state index in [1.165, 1.54) is 11.5 Å². The molecule has 0 spiro atoms. The quantitative estimate of drug-likeness (QED) is 0.360. The van der Waals surface area contributed by atoms with Crippen molar-refractivity contribution < 1.29 is 4.92 Å². The third-order valence-electron chi connectivity index (χ3n) is 1.64. The van der Waals surface area contributed by atoms with Gasteiger partial charge in [-0.15, -0.1) is 0 Å². The molecule has 0 atom stereocenters. The minimum Gasteiger partial charge on any atom is -0.398 e. The number of thioether (sulfide) groups is 1. The zero-order valence-corrected chi connectivity index (χ0v) is 8.50. The van der Waals surface area contributed by atoms with E-state index in [1.807, 2.05) is 0 Å². The summed E-state index contributed by atoms with van der Waals surface area (Å²) in [4.78, 5) is 10.7. The molecule has 74 valence electrons. The minimum atomic E-state index is -0.435. The van der Waals surface area contributed by atoms with Crippen molar-refractivity contribution in [3.05, 3.63) is 39.8 Å². The normalized spacial score (nSPS) is 9.79. The Morgan fingerprint density at radius 1 is 1.64 bits per heavy atom. The number of hydrogen-bond acceptors (Lipinski definition) is 4. The summed E-state index contributed by atoms with van der Waals surface area (Å²) in [5.41, 5.74) is 6.91. The molecule has 0 bridgehead atoms. The van der Waals surface area contributed by atoms with E-state index in [0.717, 1.165) is 17.3 Å². The van der Waals surface area contributed by atoms with Crippen LogP contribution in [0.15, 0.2) is 29.0 Å². The average Bonchev–Trinajstić information content (AvgIpc) is 2.09. The fraction of sp³-hybridized carbons (Fsp3) is 0.111. The first-order valence-electron chi connectivity index (χ1n) is 3.88. The highest BCUT2D eigenvalue weighted by atomic mass is 32.2. The molecule has 0 unspecified atom stereocenters. The maximum Gasteiger partial charge on any atom is 0.285 e. The van der Waals surface area contributed by atoms with Crippen LogP contribution in [0, 0.1) is 17.0 Å². The van der Waals surface area contributed by atoms with Crippen molar-refractivity contribution in [3.8, 4) is 0 Å². The first-order chi connectivity index (χ1) is 6.56. The molecular formula is C9H10N2O2S. The van der Waals surface area contributed by atoms with Crippen LogP contribution in [0.5, 0.6) is 0 Å². The van der Waals surface area contributed by atoms with Crippen LogP contribution in [0.4, 0.5) is 11.4 Å². The largest absolute Gasteiger partial charge is 0.398 e. The maximum atomic E-state index is 10.7. The highest BCUT2D eigenvalue weighted by molar-refractivity contribution is 8.02. The topological polar surface area (TPSA) is 69.2 Å². The van der Waals surface area contributed by atoms with Crippen molar-refractivity contribution in [1.29, 1.82) is 0 Å². The number of nitro groups is 1. The molecule has 0 fully saturated rings. The van der Waals surface area contributed by atoms with E-state index in [-0.39, 0.29) is 5.69 Å². The molecule has 2 N–H and O–H groups in total. The third kappa shape index (κ3) is 2.05. The van der Waals surface area contributed by atoms with Gasteiger partial charge in [-0.1, -0.05) is 18.3 Å². The van der Waals surface area contributed by atoms with Crippen molar-refractivity contribution in [2.24, 2.45) is 0 Å². The summed E-state index contributed by atoms with van der Waals surface area (Å²) in [7, 11) is 0. The lowest BCUT2D eigenvalue weighted by Crippen LogP contribution is -1.96. The van der Waals surface area contributed by atoms with Crippen LogP contribution in [0.3, 0.4) is 0 Å². The first-order valence-corrected chi connectivity index (χ1v) is 4.76. The Balaban J connectivity index is 3.35. The van der Waals surface area contributed by atoms with Gasteiger partial charge in [-0.2, -0.15) is 0 Å². The Kier molecular flexibility index (Phi) is 3.14. The minimum absolute atomic E-state index is 0.0346. The highest BCUT2D eigenvalue weighted by Gasteiger charge is 2.16. The third-order valence-corrected chi connectivity index (χ3v) is 2.49. The molecule has 1 rings (SSSR count). The zero-order chi connectivity index (χ0) is 10.7. The molecule has 0 saturated heterocycles. The molecule has 5 heteroatoms. The summed E-state index contributed by atoms with van der Waals surface area (Å²) in [5.74, 6) is 0. The first kappa shape index (κ1) is 10.6. The van der Waals surface area contributed by atoms with Crippen LogP contribution in [0.2, 0.25) is 0 Å². The smallest absolute Gasteiger partial charge is 0.285 e. The van der Waals surface area contributed by atoms with E-state index in [0.29, 0.717) is 10.6 Å². The molecule has 4 nitrogen and oxygen atoms in total. The van der Waals surface area contributed by atoms with Crippen molar-refractivity contribution in [1.82, 2.24) is 0 Å². The average molecular weight is 210 g/mol. The van der Waals surface area contributed by atoms with Gasteiger partial charge in [0.05, 0.1) is 10.6 Å². The Morgan fingerprint density at radius 2 is 2.29 bits per heavy atom. The summed E-state index contributed by atoms with van der Waals surface area (Å²) >= 11 is 1.16. The predicted molar refractivity (Wildman–Crippen MR) is 58.3 cm³/mol. The summed E-state index contributed by atoms with van der Waals surface area (Å²) in [6.07, 6.45) is 0. The van der Waals surface area contributed by atoms with E-state index in [2.05, 4.69) is 6.58 Å². The fourth-order valence-electron chi connectivity index (χ4n) is 1.13. The molecule has 0 aliphatic carbocycles. The number of nitro benzene ring substituents is 1. The molecule has 0 amide bonds. The van der Waals surface area contributed by atoms with Gasteiger partial charge in [0.2, 0.25) is 0 Å². The maximum absolute atomic E-state index is 10.7. The molecule has 0 aliphatic rings. The molecular weight excluding hydrogens is 200 g/mol. The number of nitrogens with two attached hydrogens (primary N) is 1. The summed E-state index contributed by atoms with van der Waals surface area (Å²) in [5, 5.41) is 12.2. The Bertz CT molecular complexity index is 391. The molecule has 1 aromatic rings. The number of nitrogen functional groups attached to an aromatic ring is 1. The molecule has 0 radical (unpaired) electrons. The molecule has 0 saturated carbocycles. The van der Waals surface area contributed by atoms with Crippen LogP contribution >= 0.6 is 11.8 Å². The number of anilines is 1. The highest BCUT2D eigenvalue weighted by Crippen LogP contribution is 2.35. The van der Waals surface area contributed by atoms with Crippen LogP contribution < -0.4 is 5.73 Å². The van der Waals surface area contributed by atoms with Gasteiger partial charge >= 0.3 is 0 Å². The van der Waals surface area contributed by atoms with Crippen LogP contribution in [-0.2, 0) is 0 Å². The molecule has 14 heavy (non-hydrogen) atoms. The lowest BCUT2D eigenvalue weighted by molar-refractivity contribution is -0.387. The molecule has 1 aromatic carbocycles. The molecule has 0 aliphatic heterocycles. The van der Waals surface area contributed by atoms with E-state index in [4.69, 9.17) is 5.73 Å². The second kappa shape index (κ2) is 4.15. The zero-order valence-electron chi connectivity index (χ0n) is 7.69. The van der Waals surface area contributed by atoms with Crippen LogP contribution in [0.1, 0.15) is 5.56 Å². The van der Waals surface area contributed by atoms with Gasteiger partial charge in [-0.3, -0.25) is 10.1 Å². The van der Waals surface area contributed by atoms with Crippen molar-refractivity contribution in [2.75, 3.05) is 5.73 Å². The second-order valence-electron chi connectivity index (χ2n) is 2.74. The molecule has 0 heterocycles. The second-order valence-corrected chi connectivity index (χ2v) is 3.72. The van der Waals surface area contributed by atoms with Crippen LogP contribution in [-0.4, -0.2) is 4.92 Å². The summed E-state index contributed by atoms with van der Waals surface area (Å²) in [6.45, 7) is 5.27. The predicted octanol–water partition coefficient (Wildman–Crippen LogP) is 2.72. The standard InChI is InChI=1S/C9H10N2O2S/c1-3-14-9-7(10)4-6(2)5-8(9)11(12)13/h3-5H,1,10H2,2H3. The van der Waals surface area contributed by atoms with E-state index >= 15 is 0 Å². The van der Waals surface area contributed by atoms with Gasteiger partial charge in [-0.05, 0) is 24.0 Å². The number of aryl methyl sites for hydroxylation is 1. The Hall–Kier alpha value is -1.49. The van der Waals surface area contributed by atoms with Gasteiger partial charge < -0.3 is 5.73 Å². The number of nitrogens with zero attached hydrogens (tertiary/aromatic N) is 1. The van der Waals surface area contributed by atoms with Gasteiger partial charge in [0.15, 0.2) is 0 Å². The molecule has 0 aromatic heterocycles. The monoisotopic (exact) mass is 210 g/mol. The van der Waals surface area contributed by atoms with Crippen molar-refractivity contribution >= 4 is 23.1 Å². The number of rotatable bonds is 3. The lowest BCUT2D eigenvalue weighted by atomic mass is 10.2. The van der Waals surface area contributed by atoms with E-state index < -0.39 is 4.92 Å². The van der Waals surface area contributed by atoms with E-state index in [9.17, 15) is 10.1 Å². The van der Waals surface area contributed by atoms with Crippen LogP contribution in [0.25, 0.3) is 0 Å². The summed E-state index contributed by atoms with van der Waals surface area (Å²) < 4.78 is 0. The lowest BCUT2D eigenvalue weighted by Gasteiger charge is -2.04. The Morgan fingerprint density at radius 3 is 2.79 bits per heavy atom. The summed E-state index contributed by atoms with van der Waals surface area (Å²) in [6, 6.07) is 3.21. The van der Waals surface area contributed by atoms with Gasteiger partial charge in [0.1, 0.15) is 4.90 Å². The number of hydrogen-bond donors (Lipinski definition) is 1. The van der Waals surface area contributed by atoms with Gasteiger partial charge in [0.25, 0.3) is 5.69 Å². The number of benzene rings is 1. The van der Waals surface area contributed by atoms with Gasteiger partial charge in [0, 0.05) is 6.07 Å². The Labute approximate surface area is 86.0 Å². The van der Waals surface area contributed by atoms with Crippen molar-refractivity contribution in [3.63, 3.8) is 0 Å². The van der Waals surface area contributed by atoms with Crippen molar-refractivity contribution in [2.45, 2.75) is 11.8 Å². The SMILES string of the molecule is C=CSc1c(N)cc(C)cc1[N+](=O)[O-].